The van der Waals surface area contributed by atoms with Gasteiger partial charge in [-0.15, -0.1) is 0 Å². The molecule has 6 heteroatoms. The van der Waals surface area contributed by atoms with E-state index >= 15 is 0 Å². The quantitative estimate of drug-likeness (QED) is 0.339. The molecule has 6 nitrogen and oxygen atoms in total. The van der Waals surface area contributed by atoms with Crippen molar-refractivity contribution in [1.29, 1.82) is 0 Å². The summed E-state index contributed by atoms with van der Waals surface area (Å²) in [7, 11) is 0. The molecule has 0 unspecified atom stereocenters. The van der Waals surface area contributed by atoms with Crippen LogP contribution in [-0.2, 0) is 6.42 Å². The first-order chi connectivity index (χ1) is 6.67. The smallest absolute Gasteiger partial charge is 0.310 e. The summed E-state index contributed by atoms with van der Waals surface area (Å²) in [4.78, 5) is 28.1. The van der Waals surface area contributed by atoms with E-state index in [-0.39, 0.29) is 5.69 Å². The monoisotopic (exact) mass is 196 g/mol. The summed E-state index contributed by atoms with van der Waals surface area (Å²) >= 11 is 0. The van der Waals surface area contributed by atoms with E-state index in [4.69, 9.17) is 5.84 Å². The number of nitrogen functional groups attached to an aromatic ring is 1. The SMILES string of the molecule is CCCc1cc(C(=O)NN)nc(=O)[nH]1. The minimum Gasteiger partial charge on any atom is -0.310 e. The molecule has 1 rings (SSSR count). The predicted molar refractivity (Wildman–Crippen MR) is 50.5 cm³/mol. The Bertz CT molecular complexity index is 385. The molecule has 0 aliphatic rings. The summed E-state index contributed by atoms with van der Waals surface area (Å²) in [5.41, 5.74) is 2.12. The normalized spacial score (nSPS) is 9.86. The van der Waals surface area contributed by atoms with Crippen molar-refractivity contribution in [3.8, 4) is 0 Å². The van der Waals surface area contributed by atoms with Crippen molar-refractivity contribution >= 4 is 5.91 Å². The van der Waals surface area contributed by atoms with Crippen molar-refractivity contribution < 1.29 is 4.79 Å². The summed E-state index contributed by atoms with van der Waals surface area (Å²) in [5, 5.41) is 0. The van der Waals surface area contributed by atoms with Crippen molar-refractivity contribution in [2.24, 2.45) is 5.84 Å². The molecule has 0 atom stereocenters. The molecule has 1 aromatic heterocycles. The first-order valence-electron chi connectivity index (χ1n) is 4.28. The predicted octanol–water partition coefficient (Wildman–Crippen LogP) is -0.674. The maximum absolute atomic E-state index is 11.1. The third kappa shape index (κ3) is 2.40. The van der Waals surface area contributed by atoms with Crippen LogP contribution < -0.4 is 17.0 Å². The molecule has 0 aliphatic carbocycles. The Kier molecular flexibility index (Phi) is 3.35. The van der Waals surface area contributed by atoms with Gasteiger partial charge in [-0.1, -0.05) is 13.3 Å². The molecule has 76 valence electrons. The van der Waals surface area contributed by atoms with E-state index in [1.165, 1.54) is 6.07 Å². The van der Waals surface area contributed by atoms with Crippen LogP contribution in [0.4, 0.5) is 0 Å². The van der Waals surface area contributed by atoms with Crippen LogP contribution in [0.3, 0.4) is 0 Å². The van der Waals surface area contributed by atoms with Gasteiger partial charge < -0.3 is 4.98 Å². The van der Waals surface area contributed by atoms with Crippen molar-refractivity contribution in [3.05, 3.63) is 27.9 Å². The molecule has 0 radical (unpaired) electrons. The Morgan fingerprint density at radius 3 is 3.00 bits per heavy atom. The molecule has 1 heterocycles. The number of H-pyrrole nitrogens is 1. The van der Waals surface area contributed by atoms with E-state index in [1.807, 2.05) is 12.3 Å². The zero-order chi connectivity index (χ0) is 10.6. The van der Waals surface area contributed by atoms with Gasteiger partial charge in [-0.2, -0.15) is 4.98 Å². The number of hydrogen-bond acceptors (Lipinski definition) is 4. The first kappa shape index (κ1) is 10.4. The standard InChI is InChI=1S/C8H12N4O2/c1-2-3-5-4-6(7(13)12-9)11-8(14)10-5/h4H,2-3,9H2,1H3,(H,12,13)(H,10,11,14). The molecule has 0 spiro atoms. The van der Waals surface area contributed by atoms with Gasteiger partial charge in [0, 0.05) is 5.69 Å². The highest BCUT2D eigenvalue weighted by Gasteiger charge is 2.07. The molecule has 1 amide bonds. The van der Waals surface area contributed by atoms with Gasteiger partial charge in [0.05, 0.1) is 0 Å². The van der Waals surface area contributed by atoms with Gasteiger partial charge in [-0.3, -0.25) is 10.2 Å². The molecule has 1 aromatic rings. The van der Waals surface area contributed by atoms with E-state index in [0.29, 0.717) is 12.1 Å². The van der Waals surface area contributed by atoms with Gasteiger partial charge >= 0.3 is 5.69 Å². The maximum atomic E-state index is 11.1. The number of carbonyl (C=O) groups excluding carboxylic acids is 1. The van der Waals surface area contributed by atoms with Crippen LogP contribution in [-0.4, -0.2) is 15.9 Å². The Morgan fingerprint density at radius 1 is 1.71 bits per heavy atom. The lowest BCUT2D eigenvalue weighted by Gasteiger charge is -2.01. The van der Waals surface area contributed by atoms with E-state index in [1.54, 1.807) is 0 Å². The molecule has 0 fully saturated rings. The number of nitrogens with zero attached hydrogens (tertiary/aromatic N) is 1. The Labute approximate surface area is 80.5 Å². The number of aromatic nitrogens is 2. The fourth-order valence-corrected chi connectivity index (χ4v) is 1.10. The maximum Gasteiger partial charge on any atom is 0.345 e. The Hall–Kier alpha value is -1.69. The Balaban J connectivity index is 3.07. The number of rotatable bonds is 3. The lowest BCUT2D eigenvalue weighted by Crippen LogP contribution is -2.32. The number of aryl methyl sites for hydroxylation is 1. The van der Waals surface area contributed by atoms with Crippen molar-refractivity contribution in [2.45, 2.75) is 19.8 Å². The fourth-order valence-electron chi connectivity index (χ4n) is 1.10. The minimum atomic E-state index is -0.562. The van der Waals surface area contributed by atoms with Crippen LogP contribution in [0.1, 0.15) is 29.5 Å². The van der Waals surface area contributed by atoms with Crippen molar-refractivity contribution in [3.63, 3.8) is 0 Å². The topological polar surface area (TPSA) is 101 Å². The van der Waals surface area contributed by atoms with Crippen molar-refractivity contribution in [1.82, 2.24) is 15.4 Å². The second kappa shape index (κ2) is 4.52. The summed E-state index contributed by atoms with van der Waals surface area (Å²) in [6.45, 7) is 1.97. The number of amides is 1. The summed E-state index contributed by atoms with van der Waals surface area (Å²) in [6.07, 6.45) is 1.58. The van der Waals surface area contributed by atoms with Gasteiger partial charge in [0.1, 0.15) is 5.69 Å². The average molecular weight is 196 g/mol. The van der Waals surface area contributed by atoms with Crippen LogP contribution in [0.5, 0.6) is 0 Å². The molecule has 14 heavy (non-hydrogen) atoms. The van der Waals surface area contributed by atoms with Crippen LogP contribution in [0.2, 0.25) is 0 Å². The van der Waals surface area contributed by atoms with E-state index in [2.05, 4.69) is 9.97 Å². The Morgan fingerprint density at radius 2 is 2.43 bits per heavy atom. The van der Waals surface area contributed by atoms with E-state index in [0.717, 1.165) is 6.42 Å². The van der Waals surface area contributed by atoms with Gasteiger partial charge in [-0.05, 0) is 12.5 Å². The van der Waals surface area contributed by atoms with Crippen LogP contribution in [0.25, 0.3) is 0 Å². The molecule has 0 saturated carbocycles. The highest BCUT2D eigenvalue weighted by atomic mass is 16.2. The van der Waals surface area contributed by atoms with Gasteiger partial charge in [0.15, 0.2) is 0 Å². The number of aromatic amines is 1. The molecule has 0 saturated heterocycles. The van der Waals surface area contributed by atoms with E-state index < -0.39 is 11.6 Å². The average Bonchev–Trinajstić information content (AvgIpc) is 2.16. The second-order valence-corrected chi connectivity index (χ2v) is 2.82. The zero-order valence-electron chi connectivity index (χ0n) is 7.83. The second-order valence-electron chi connectivity index (χ2n) is 2.82. The number of nitrogens with one attached hydrogen (secondary N) is 2. The number of nitrogens with two attached hydrogens (primary N) is 1. The molecule has 4 N–H and O–H groups in total. The number of hydrazine groups is 1. The summed E-state index contributed by atoms with van der Waals surface area (Å²) in [5.74, 6) is 4.36. The molecule has 0 aliphatic heterocycles. The fraction of sp³-hybridized carbons (Fsp3) is 0.375. The highest BCUT2D eigenvalue weighted by Crippen LogP contribution is 1.98. The van der Waals surface area contributed by atoms with Gasteiger partial charge in [0.2, 0.25) is 0 Å². The third-order valence-corrected chi connectivity index (χ3v) is 1.68. The molecular formula is C8H12N4O2. The first-order valence-corrected chi connectivity index (χ1v) is 4.28. The summed E-state index contributed by atoms with van der Waals surface area (Å²) in [6, 6.07) is 1.52. The highest BCUT2D eigenvalue weighted by molar-refractivity contribution is 5.91. The third-order valence-electron chi connectivity index (χ3n) is 1.68. The molecular weight excluding hydrogens is 184 g/mol. The van der Waals surface area contributed by atoms with E-state index in [9.17, 15) is 9.59 Å². The molecule has 0 aromatic carbocycles. The zero-order valence-corrected chi connectivity index (χ0v) is 7.83. The number of carbonyl (C=O) groups is 1. The van der Waals surface area contributed by atoms with Gasteiger partial charge in [-0.25, -0.2) is 10.6 Å². The van der Waals surface area contributed by atoms with Crippen LogP contribution in [0, 0.1) is 0 Å². The lowest BCUT2D eigenvalue weighted by atomic mass is 10.2. The number of hydrogen-bond donors (Lipinski definition) is 3. The lowest BCUT2D eigenvalue weighted by molar-refractivity contribution is 0.0948. The summed E-state index contributed by atoms with van der Waals surface area (Å²) < 4.78 is 0. The minimum absolute atomic E-state index is 0.0414. The van der Waals surface area contributed by atoms with Crippen molar-refractivity contribution in [2.75, 3.05) is 0 Å². The van der Waals surface area contributed by atoms with Crippen LogP contribution in [0.15, 0.2) is 10.9 Å². The van der Waals surface area contributed by atoms with Gasteiger partial charge in [0.25, 0.3) is 5.91 Å². The largest absolute Gasteiger partial charge is 0.345 e. The molecule has 0 bridgehead atoms. The van der Waals surface area contributed by atoms with Crippen LogP contribution >= 0.6 is 0 Å².